The molecule has 0 N–H and O–H groups in total. The summed E-state index contributed by atoms with van der Waals surface area (Å²) in [6.45, 7) is 4.88. The zero-order chi connectivity index (χ0) is 12.7. The van der Waals surface area contributed by atoms with Gasteiger partial charge in [0.25, 0.3) is 0 Å². The van der Waals surface area contributed by atoms with Crippen molar-refractivity contribution in [3.05, 3.63) is 18.0 Å². The van der Waals surface area contributed by atoms with Gasteiger partial charge in [-0.1, -0.05) is 0 Å². The maximum Gasteiger partial charge on any atom is 0.306 e. The lowest BCUT2D eigenvalue weighted by Gasteiger charge is -2.00. The topological polar surface area (TPSA) is 61.2 Å². The highest BCUT2D eigenvalue weighted by Gasteiger charge is 2.09. The molecule has 0 amide bonds. The second-order valence-electron chi connectivity index (χ2n) is 3.72. The van der Waals surface area contributed by atoms with Crippen LogP contribution in [0.1, 0.15) is 32.3 Å². The Kier molecular flexibility index (Phi) is 5.39. The number of ketones is 1. The molecule has 0 unspecified atom stereocenters. The molecule has 0 radical (unpaired) electrons. The third-order valence-electron chi connectivity index (χ3n) is 2.33. The van der Waals surface area contributed by atoms with E-state index < -0.39 is 0 Å². The molecule has 0 aliphatic rings. The fourth-order valence-corrected chi connectivity index (χ4v) is 1.46. The molecule has 0 bridgehead atoms. The minimum absolute atomic E-state index is 0.0358. The van der Waals surface area contributed by atoms with E-state index in [1.807, 2.05) is 13.1 Å². The molecule has 0 saturated heterocycles. The zero-order valence-electron chi connectivity index (χ0n) is 10.3. The molecule has 5 heteroatoms. The van der Waals surface area contributed by atoms with Gasteiger partial charge >= 0.3 is 5.97 Å². The lowest BCUT2D eigenvalue weighted by molar-refractivity contribution is -0.144. The Morgan fingerprint density at radius 1 is 1.35 bits per heavy atom. The van der Waals surface area contributed by atoms with Gasteiger partial charge < -0.3 is 4.74 Å². The predicted octanol–water partition coefficient (Wildman–Crippen LogP) is 1.36. The van der Waals surface area contributed by atoms with Crippen LogP contribution >= 0.6 is 0 Å². The summed E-state index contributed by atoms with van der Waals surface area (Å²) in [5, 5.41) is 4.09. The lowest BCUT2D eigenvalue weighted by atomic mass is 10.1. The summed E-state index contributed by atoms with van der Waals surface area (Å²) in [5.41, 5.74) is 0.890. The van der Waals surface area contributed by atoms with Crippen molar-refractivity contribution in [2.24, 2.45) is 0 Å². The summed E-state index contributed by atoms with van der Waals surface area (Å²) in [4.78, 5) is 22.6. The van der Waals surface area contributed by atoms with Gasteiger partial charge in [-0.15, -0.1) is 0 Å². The van der Waals surface area contributed by atoms with E-state index in [-0.39, 0.29) is 24.6 Å². The van der Waals surface area contributed by atoms with Crippen LogP contribution in [-0.4, -0.2) is 28.1 Å². The molecular weight excluding hydrogens is 220 g/mol. The van der Waals surface area contributed by atoms with Crippen molar-refractivity contribution in [1.82, 2.24) is 9.78 Å². The first-order valence-corrected chi connectivity index (χ1v) is 5.84. The van der Waals surface area contributed by atoms with Crippen LogP contribution in [0, 0.1) is 0 Å². The Morgan fingerprint density at radius 2 is 2.12 bits per heavy atom. The second-order valence-corrected chi connectivity index (χ2v) is 3.72. The molecule has 0 aliphatic heterocycles. The SMILES string of the molecule is CCOC(=O)CCC(=O)Cc1cnn(CC)c1. The summed E-state index contributed by atoms with van der Waals surface area (Å²) in [5.74, 6) is -0.279. The normalized spacial score (nSPS) is 10.2. The smallest absolute Gasteiger partial charge is 0.306 e. The zero-order valence-corrected chi connectivity index (χ0v) is 10.3. The van der Waals surface area contributed by atoms with E-state index in [9.17, 15) is 9.59 Å². The minimum atomic E-state index is -0.315. The lowest BCUT2D eigenvalue weighted by Crippen LogP contribution is -2.09. The first-order valence-electron chi connectivity index (χ1n) is 5.84. The number of aromatic nitrogens is 2. The summed E-state index contributed by atoms with van der Waals surface area (Å²) >= 11 is 0. The predicted molar refractivity (Wildman–Crippen MR) is 62.5 cm³/mol. The average Bonchev–Trinajstić information content (AvgIpc) is 2.74. The van der Waals surface area contributed by atoms with Gasteiger partial charge in [-0.05, 0) is 19.4 Å². The summed E-state index contributed by atoms with van der Waals surface area (Å²) in [7, 11) is 0. The maximum absolute atomic E-state index is 11.6. The number of esters is 1. The Labute approximate surface area is 101 Å². The molecule has 0 atom stereocenters. The van der Waals surface area contributed by atoms with Gasteiger partial charge in [-0.3, -0.25) is 14.3 Å². The molecule has 0 fully saturated rings. The number of hydrogen-bond acceptors (Lipinski definition) is 4. The van der Waals surface area contributed by atoms with Crippen LogP contribution < -0.4 is 0 Å². The van der Waals surface area contributed by atoms with Gasteiger partial charge in [-0.25, -0.2) is 0 Å². The average molecular weight is 238 g/mol. The van der Waals surface area contributed by atoms with Crippen LogP contribution in [0.3, 0.4) is 0 Å². The first-order chi connectivity index (χ1) is 8.15. The van der Waals surface area contributed by atoms with Gasteiger partial charge in [0.1, 0.15) is 5.78 Å². The Balaban J connectivity index is 2.32. The molecule has 0 saturated carbocycles. The quantitative estimate of drug-likeness (QED) is 0.673. The monoisotopic (exact) mass is 238 g/mol. The largest absolute Gasteiger partial charge is 0.466 e. The summed E-state index contributed by atoms with van der Waals surface area (Å²) in [6, 6.07) is 0. The molecule has 5 nitrogen and oxygen atoms in total. The number of Topliss-reactive ketones (excluding diaryl/α,β-unsaturated/α-hetero) is 1. The Morgan fingerprint density at radius 3 is 2.71 bits per heavy atom. The van der Waals surface area contributed by atoms with E-state index in [4.69, 9.17) is 4.74 Å². The number of nitrogens with zero attached hydrogens (tertiary/aromatic N) is 2. The highest BCUT2D eigenvalue weighted by Crippen LogP contribution is 2.03. The Bertz CT molecular complexity index is 385. The molecule has 1 heterocycles. The van der Waals surface area contributed by atoms with E-state index in [0.29, 0.717) is 13.0 Å². The molecule has 1 rings (SSSR count). The molecule has 1 aromatic heterocycles. The van der Waals surface area contributed by atoms with Crippen molar-refractivity contribution in [2.45, 2.75) is 39.7 Å². The molecule has 0 spiro atoms. The van der Waals surface area contributed by atoms with E-state index >= 15 is 0 Å². The number of hydrogen-bond donors (Lipinski definition) is 0. The van der Waals surface area contributed by atoms with Gasteiger partial charge in [0.2, 0.25) is 0 Å². The maximum atomic E-state index is 11.6. The van der Waals surface area contributed by atoms with Crippen molar-refractivity contribution in [3.63, 3.8) is 0 Å². The number of ether oxygens (including phenoxy) is 1. The molecular formula is C12H18N2O3. The van der Waals surface area contributed by atoms with Crippen molar-refractivity contribution in [2.75, 3.05) is 6.61 Å². The van der Waals surface area contributed by atoms with E-state index in [1.165, 1.54) is 0 Å². The van der Waals surface area contributed by atoms with Gasteiger partial charge in [0.15, 0.2) is 0 Å². The van der Waals surface area contributed by atoms with Crippen LogP contribution in [0.25, 0.3) is 0 Å². The third kappa shape index (κ3) is 4.80. The van der Waals surface area contributed by atoms with Crippen molar-refractivity contribution in [3.8, 4) is 0 Å². The number of carbonyl (C=O) groups is 2. The number of rotatable bonds is 7. The number of aryl methyl sites for hydroxylation is 1. The van der Waals surface area contributed by atoms with Crippen LogP contribution in [0.4, 0.5) is 0 Å². The number of carbonyl (C=O) groups excluding carboxylic acids is 2. The minimum Gasteiger partial charge on any atom is -0.466 e. The van der Waals surface area contributed by atoms with E-state index in [2.05, 4.69) is 5.10 Å². The molecule has 0 aromatic carbocycles. The molecule has 94 valence electrons. The van der Waals surface area contributed by atoms with Crippen LogP contribution in [-0.2, 0) is 27.3 Å². The molecule has 0 aliphatic carbocycles. The van der Waals surface area contributed by atoms with Crippen molar-refractivity contribution < 1.29 is 14.3 Å². The molecule has 1 aromatic rings. The van der Waals surface area contributed by atoms with Gasteiger partial charge in [0.05, 0.1) is 19.2 Å². The van der Waals surface area contributed by atoms with Crippen LogP contribution in [0.15, 0.2) is 12.4 Å². The highest BCUT2D eigenvalue weighted by atomic mass is 16.5. The summed E-state index contributed by atoms with van der Waals surface area (Å²) in [6.07, 6.45) is 4.26. The van der Waals surface area contributed by atoms with Gasteiger partial charge in [0, 0.05) is 25.6 Å². The first kappa shape index (κ1) is 13.4. The fraction of sp³-hybridized carbons (Fsp3) is 0.583. The highest BCUT2D eigenvalue weighted by molar-refractivity contribution is 5.84. The summed E-state index contributed by atoms with van der Waals surface area (Å²) < 4.78 is 6.53. The third-order valence-corrected chi connectivity index (χ3v) is 2.33. The van der Waals surface area contributed by atoms with Crippen molar-refractivity contribution >= 4 is 11.8 Å². The Hall–Kier alpha value is -1.65. The van der Waals surface area contributed by atoms with Crippen LogP contribution in [0.5, 0.6) is 0 Å². The van der Waals surface area contributed by atoms with E-state index in [1.54, 1.807) is 17.8 Å². The molecule has 17 heavy (non-hydrogen) atoms. The fourth-order valence-electron chi connectivity index (χ4n) is 1.46. The van der Waals surface area contributed by atoms with Gasteiger partial charge in [-0.2, -0.15) is 5.10 Å². The van der Waals surface area contributed by atoms with Crippen molar-refractivity contribution in [1.29, 1.82) is 0 Å². The standard InChI is InChI=1S/C12H18N2O3/c1-3-14-9-10(8-13-14)7-11(15)5-6-12(16)17-4-2/h8-9H,3-7H2,1-2H3. The second kappa shape index (κ2) is 6.83. The van der Waals surface area contributed by atoms with Crippen LogP contribution in [0.2, 0.25) is 0 Å². The van der Waals surface area contributed by atoms with E-state index in [0.717, 1.165) is 12.1 Å².